The number of nitrogens with one attached hydrogen (secondary N) is 1. The molecule has 1 aromatic rings. The third-order valence-corrected chi connectivity index (χ3v) is 2.48. The molecule has 1 amide bonds. The summed E-state index contributed by atoms with van der Waals surface area (Å²) in [4.78, 5) is 11.7. The van der Waals surface area contributed by atoms with Crippen LogP contribution < -0.4 is 5.32 Å². The smallest absolute Gasteiger partial charge is 0.408 e. The summed E-state index contributed by atoms with van der Waals surface area (Å²) in [6, 6.07) is -0.0554. The van der Waals surface area contributed by atoms with Gasteiger partial charge in [0.25, 0.3) is 0 Å². The third-order valence-electron chi connectivity index (χ3n) is 2.48. The average Bonchev–Trinajstić information content (AvgIpc) is 2.71. The fourth-order valence-electron chi connectivity index (χ4n) is 1.60. The van der Waals surface area contributed by atoms with Crippen LogP contribution in [0, 0.1) is 0 Å². The number of aryl methyl sites for hydroxylation is 1. The summed E-state index contributed by atoms with van der Waals surface area (Å²) >= 11 is 0. The first-order chi connectivity index (χ1) is 8.35. The minimum absolute atomic E-state index is 0.0554. The second-order valence-corrected chi connectivity index (χ2v) is 5.24. The van der Waals surface area contributed by atoms with Crippen molar-refractivity contribution in [2.24, 2.45) is 0 Å². The summed E-state index contributed by atoms with van der Waals surface area (Å²) in [5.41, 5.74) is 0.529. The largest absolute Gasteiger partial charge is 0.444 e. The van der Waals surface area contributed by atoms with Crippen molar-refractivity contribution in [1.29, 1.82) is 0 Å². The van der Waals surface area contributed by atoms with Crippen LogP contribution in [0.4, 0.5) is 4.79 Å². The normalized spacial score (nSPS) is 13.2. The molecule has 0 aromatic carbocycles. The molecule has 1 heterocycles. The minimum Gasteiger partial charge on any atom is -0.444 e. The fourth-order valence-corrected chi connectivity index (χ4v) is 1.60. The number of amides is 1. The Balaban J connectivity index is 2.64. The van der Waals surface area contributed by atoms with Crippen molar-refractivity contribution in [1.82, 2.24) is 15.1 Å². The zero-order valence-electron chi connectivity index (χ0n) is 11.9. The van der Waals surface area contributed by atoms with Crippen LogP contribution in [-0.4, -0.2) is 21.5 Å². The lowest BCUT2D eigenvalue weighted by molar-refractivity contribution is 0.0502. The van der Waals surface area contributed by atoms with E-state index in [0.717, 1.165) is 18.5 Å². The standard InChI is InChI=1S/C13H23N3O2/c1-6-11(10-8-14-16(7-2)9-10)15-12(17)18-13(3,4)5/h8-9,11H,6-7H2,1-5H3,(H,15,17)/t11-/m1/s1. The predicted octanol–water partition coefficient (Wildman–Crippen LogP) is 2.88. The molecule has 0 fully saturated rings. The van der Waals surface area contributed by atoms with Crippen LogP contribution in [0.15, 0.2) is 12.4 Å². The van der Waals surface area contributed by atoms with Gasteiger partial charge in [0.1, 0.15) is 5.60 Å². The van der Waals surface area contributed by atoms with E-state index < -0.39 is 11.7 Å². The highest BCUT2D eigenvalue weighted by molar-refractivity contribution is 5.68. The van der Waals surface area contributed by atoms with Crippen molar-refractivity contribution in [3.63, 3.8) is 0 Å². The van der Waals surface area contributed by atoms with Crippen LogP contribution in [0.25, 0.3) is 0 Å². The average molecular weight is 253 g/mol. The molecule has 1 rings (SSSR count). The number of alkyl carbamates (subject to hydrolysis) is 1. The van der Waals surface area contributed by atoms with Crippen molar-refractivity contribution in [3.8, 4) is 0 Å². The van der Waals surface area contributed by atoms with Gasteiger partial charge in [-0.25, -0.2) is 4.79 Å². The van der Waals surface area contributed by atoms with Crippen LogP contribution in [0.5, 0.6) is 0 Å². The van der Waals surface area contributed by atoms with E-state index in [1.807, 2.05) is 45.5 Å². The van der Waals surface area contributed by atoms with E-state index in [9.17, 15) is 4.79 Å². The number of carbonyl (C=O) groups excluding carboxylic acids is 1. The number of hydrogen-bond acceptors (Lipinski definition) is 3. The summed E-state index contributed by atoms with van der Waals surface area (Å²) in [6.07, 6.45) is 4.15. The fraction of sp³-hybridized carbons (Fsp3) is 0.692. The lowest BCUT2D eigenvalue weighted by atomic mass is 10.1. The van der Waals surface area contributed by atoms with Gasteiger partial charge in [-0.15, -0.1) is 0 Å². The van der Waals surface area contributed by atoms with E-state index in [-0.39, 0.29) is 6.04 Å². The van der Waals surface area contributed by atoms with E-state index in [2.05, 4.69) is 10.4 Å². The van der Waals surface area contributed by atoms with Crippen LogP contribution in [0.2, 0.25) is 0 Å². The molecule has 1 N–H and O–H groups in total. The van der Waals surface area contributed by atoms with Gasteiger partial charge in [0.15, 0.2) is 0 Å². The quantitative estimate of drug-likeness (QED) is 0.897. The molecule has 1 aromatic heterocycles. The van der Waals surface area contributed by atoms with E-state index in [0.29, 0.717) is 0 Å². The van der Waals surface area contributed by atoms with Crippen LogP contribution in [0.1, 0.15) is 52.6 Å². The zero-order valence-corrected chi connectivity index (χ0v) is 11.9. The van der Waals surface area contributed by atoms with Gasteiger partial charge < -0.3 is 10.1 Å². The Morgan fingerprint density at radius 2 is 2.17 bits per heavy atom. The summed E-state index contributed by atoms with van der Waals surface area (Å²) in [6.45, 7) is 10.4. The first-order valence-corrected chi connectivity index (χ1v) is 6.37. The monoisotopic (exact) mass is 253 g/mol. The third kappa shape index (κ3) is 4.39. The van der Waals surface area contributed by atoms with Gasteiger partial charge >= 0.3 is 6.09 Å². The topological polar surface area (TPSA) is 56.1 Å². The highest BCUT2D eigenvalue weighted by Gasteiger charge is 2.20. The molecule has 0 bridgehead atoms. The Labute approximate surface area is 109 Å². The highest BCUT2D eigenvalue weighted by Crippen LogP contribution is 2.17. The van der Waals surface area contributed by atoms with Gasteiger partial charge in [0, 0.05) is 18.3 Å². The molecule has 0 aliphatic rings. The predicted molar refractivity (Wildman–Crippen MR) is 70.3 cm³/mol. The molecule has 0 radical (unpaired) electrons. The Hall–Kier alpha value is -1.52. The second kappa shape index (κ2) is 5.89. The van der Waals surface area contributed by atoms with Gasteiger partial charge in [0.2, 0.25) is 0 Å². The molecule has 0 saturated carbocycles. The van der Waals surface area contributed by atoms with E-state index in [4.69, 9.17) is 4.74 Å². The maximum Gasteiger partial charge on any atom is 0.408 e. The Bertz CT molecular complexity index is 393. The SMILES string of the molecule is CC[C@@H](NC(=O)OC(C)(C)C)c1cnn(CC)c1. The molecule has 0 aliphatic heterocycles. The molecular formula is C13H23N3O2. The van der Waals surface area contributed by atoms with Gasteiger partial charge in [-0.1, -0.05) is 6.92 Å². The van der Waals surface area contributed by atoms with Gasteiger partial charge in [0.05, 0.1) is 12.2 Å². The molecule has 102 valence electrons. The van der Waals surface area contributed by atoms with Crippen molar-refractivity contribution >= 4 is 6.09 Å². The van der Waals surface area contributed by atoms with Crippen molar-refractivity contribution in [2.75, 3.05) is 0 Å². The zero-order chi connectivity index (χ0) is 13.8. The van der Waals surface area contributed by atoms with Crippen LogP contribution >= 0.6 is 0 Å². The maximum atomic E-state index is 11.7. The minimum atomic E-state index is -0.476. The van der Waals surface area contributed by atoms with E-state index >= 15 is 0 Å². The number of hydrogen-bond donors (Lipinski definition) is 1. The Kier molecular flexibility index (Phi) is 4.76. The maximum absolute atomic E-state index is 11.7. The highest BCUT2D eigenvalue weighted by atomic mass is 16.6. The van der Waals surface area contributed by atoms with E-state index in [1.54, 1.807) is 6.20 Å². The Morgan fingerprint density at radius 3 is 2.61 bits per heavy atom. The second-order valence-electron chi connectivity index (χ2n) is 5.24. The van der Waals surface area contributed by atoms with Crippen LogP contribution in [-0.2, 0) is 11.3 Å². The molecule has 5 nitrogen and oxygen atoms in total. The lowest BCUT2D eigenvalue weighted by Crippen LogP contribution is -2.34. The van der Waals surface area contributed by atoms with E-state index in [1.165, 1.54) is 0 Å². The first-order valence-electron chi connectivity index (χ1n) is 6.37. The molecule has 18 heavy (non-hydrogen) atoms. The number of aromatic nitrogens is 2. The molecule has 0 saturated heterocycles. The summed E-state index contributed by atoms with van der Waals surface area (Å²) in [7, 11) is 0. The number of rotatable bonds is 4. The van der Waals surface area contributed by atoms with Crippen LogP contribution in [0.3, 0.4) is 0 Å². The number of ether oxygens (including phenoxy) is 1. The van der Waals surface area contributed by atoms with Gasteiger partial charge in [-0.05, 0) is 34.1 Å². The van der Waals surface area contributed by atoms with Crippen molar-refractivity contribution in [3.05, 3.63) is 18.0 Å². The first kappa shape index (κ1) is 14.5. The molecule has 0 unspecified atom stereocenters. The Morgan fingerprint density at radius 1 is 1.50 bits per heavy atom. The molecule has 1 atom stereocenters. The summed E-state index contributed by atoms with van der Waals surface area (Å²) in [5, 5.41) is 7.07. The van der Waals surface area contributed by atoms with Gasteiger partial charge in [-0.3, -0.25) is 4.68 Å². The molecule has 0 aliphatic carbocycles. The summed E-state index contributed by atoms with van der Waals surface area (Å²) < 4.78 is 7.09. The van der Waals surface area contributed by atoms with Gasteiger partial charge in [-0.2, -0.15) is 5.10 Å². The molecule has 5 heteroatoms. The molecule has 0 spiro atoms. The number of carbonyl (C=O) groups is 1. The number of nitrogens with zero attached hydrogens (tertiary/aromatic N) is 2. The summed E-state index contributed by atoms with van der Waals surface area (Å²) in [5.74, 6) is 0. The lowest BCUT2D eigenvalue weighted by Gasteiger charge is -2.22. The molecular weight excluding hydrogens is 230 g/mol. The van der Waals surface area contributed by atoms with Crippen molar-refractivity contribution < 1.29 is 9.53 Å². The van der Waals surface area contributed by atoms with Crippen molar-refractivity contribution in [2.45, 2.75) is 59.2 Å².